The Labute approximate surface area is 157 Å². The third kappa shape index (κ3) is 3.30. The predicted octanol–water partition coefficient (Wildman–Crippen LogP) is 4.10. The van der Waals surface area contributed by atoms with Crippen LogP contribution in [0.1, 0.15) is 12.5 Å². The summed E-state index contributed by atoms with van der Waals surface area (Å²) in [7, 11) is 0. The van der Waals surface area contributed by atoms with E-state index in [1.165, 1.54) is 10.1 Å². The second kappa shape index (κ2) is 7.27. The van der Waals surface area contributed by atoms with Crippen molar-refractivity contribution in [3.8, 4) is 22.6 Å². The van der Waals surface area contributed by atoms with Crippen molar-refractivity contribution in [3.63, 3.8) is 0 Å². The Morgan fingerprint density at radius 3 is 2.96 bits per heavy atom. The summed E-state index contributed by atoms with van der Waals surface area (Å²) in [5, 5.41) is 23.3. The first-order valence-electron chi connectivity index (χ1n) is 8.94. The number of nitrogens with zero attached hydrogens (tertiary/aromatic N) is 1. The largest absolute Gasteiger partial charge is 0.504 e. The van der Waals surface area contributed by atoms with Crippen molar-refractivity contribution in [2.45, 2.75) is 13.5 Å². The SMILES string of the molecule is C[C@H](CO)CN1CCOc2c(O)cc(-c3csc4ccccc34)cc2C1. The minimum atomic E-state index is 0.177. The molecule has 0 amide bonds. The number of hydrogen-bond donors (Lipinski definition) is 2. The minimum absolute atomic E-state index is 0.177. The number of hydrogen-bond acceptors (Lipinski definition) is 5. The van der Waals surface area contributed by atoms with Gasteiger partial charge in [-0.15, -0.1) is 11.3 Å². The molecule has 0 aliphatic carbocycles. The van der Waals surface area contributed by atoms with Gasteiger partial charge in [-0.2, -0.15) is 0 Å². The first-order valence-corrected chi connectivity index (χ1v) is 9.82. The predicted molar refractivity (Wildman–Crippen MR) is 106 cm³/mol. The second-order valence-electron chi connectivity index (χ2n) is 7.00. The Kier molecular flexibility index (Phi) is 4.85. The topological polar surface area (TPSA) is 52.9 Å². The Bertz CT molecular complexity index is 921. The number of thiophene rings is 1. The van der Waals surface area contributed by atoms with Gasteiger partial charge in [-0.3, -0.25) is 4.90 Å². The molecular formula is C21H23NO3S. The number of aromatic hydroxyl groups is 1. The quantitative estimate of drug-likeness (QED) is 0.727. The van der Waals surface area contributed by atoms with Crippen LogP contribution in [-0.4, -0.2) is 41.4 Å². The smallest absolute Gasteiger partial charge is 0.165 e. The lowest BCUT2D eigenvalue weighted by molar-refractivity contribution is 0.159. The summed E-state index contributed by atoms with van der Waals surface area (Å²) in [4.78, 5) is 2.28. The van der Waals surface area contributed by atoms with E-state index in [2.05, 4.69) is 28.5 Å². The van der Waals surface area contributed by atoms with E-state index in [1.807, 2.05) is 19.1 Å². The molecule has 1 aliphatic heterocycles. The summed E-state index contributed by atoms with van der Waals surface area (Å²) in [6, 6.07) is 12.3. The number of phenolic OH excluding ortho intramolecular Hbond substituents is 1. The van der Waals surface area contributed by atoms with Crippen LogP contribution in [0.2, 0.25) is 0 Å². The summed E-state index contributed by atoms with van der Waals surface area (Å²) < 4.78 is 7.08. The Morgan fingerprint density at radius 1 is 1.27 bits per heavy atom. The van der Waals surface area contributed by atoms with Crippen LogP contribution in [0.5, 0.6) is 11.5 Å². The third-order valence-electron chi connectivity index (χ3n) is 4.87. The van der Waals surface area contributed by atoms with Gasteiger partial charge in [-0.05, 0) is 35.1 Å². The molecule has 5 heteroatoms. The van der Waals surface area contributed by atoms with Crippen molar-refractivity contribution in [3.05, 3.63) is 47.3 Å². The van der Waals surface area contributed by atoms with E-state index in [9.17, 15) is 10.2 Å². The zero-order chi connectivity index (χ0) is 18.1. The molecular weight excluding hydrogens is 346 g/mol. The highest BCUT2D eigenvalue weighted by Crippen LogP contribution is 2.41. The van der Waals surface area contributed by atoms with Gasteiger partial charge in [0.15, 0.2) is 11.5 Å². The van der Waals surface area contributed by atoms with Crippen molar-refractivity contribution in [2.75, 3.05) is 26.3 Å². The van der Waals surface area contributed by atoms with Gasteiger partial charge >= 0.3 is 0 Å². The molecule has 4 nitrogen and oxygen atoms in total. The van der Waals surface area contributed by atoms with E-state index in [0.717, 1.165) is 29.8 Å². The van der Waals surface area contributed by atoms with E-state index in [4.69, 9.17) is 4.74 Å². The normalized spacial score (nSPS) is 16.1. The molecule has 1 atom stereocenters. The molecule has 0 radical (unpaired) electrons. The first-order chi connectivity index (χ1) is 12.7. The fourth-order valence-electron chi connectivity index (χ4n) is 3.56. The maximum Gasteiger partial charge on any atom is 0.165 e. The highest BCUT2D eigenvalue weighted by Gasteiger charge is 2.21. The van der Waals surface area contributed by atoms with Gasteiger partial charge in [0.1, 0.15) is 6.61 Å². The number of ether oxygens (including phenoxy) is 1. The van der Waals surface area contributed by atoms with Crippen LogP contribution < -0.4 is 4.74 Å². The fraction of sp³-hybridized carbons (Fsp3) is 0.333. The highest BCUT2D eigenvalue weighted by atomic mass is 32.1. The van der Waals surface area contributed by atoms with Crippen LogP contribution in [0, 0.1) is 5.92 Å². The minimum Gasteiger partial charge on any atom is -0.504 e. The maximum absolute atomic E-state index is 10.6. The van der Waals surface area contributed by atoms with Crippen molar-refractivity contribution in [2.24, 2.45) is 5.92 Å². The summed E-state index contributed by atoms with van der Waals surface area (Å²) in [5.41, 5.74) is 3.15. The second-order valence-corrected chi connectivity index (χ2v) is 7.91. The van der Waals surface area contributed by atoms with Crippen molar-refractivity contribution in [1.82, 2.24) is 4.90 Å². The molecule has 0 saturated carbocycles. The molecule has 0 bridgehead atoms. The molecule has 4 rings (SSSR count). The molecule has 3 aromatic rings. The van der Waals surface area contributed by atoms with Crippen LogP contribution in [0.15, 0.2) is 41.8 Å². The van der Waals surface area contributed by atoms with Crippen LogP contribution in [0.25, 0.3) is 21.2 Å². The molecule has 0 fully saturated rings. The van der Waals surface area contributed by atoms with Crippen LogP contribution in [0.4, 0.5) is 0 Å². The maximum atomic E-state index is 10.6. The molecule has 2 heterocycles. The fourth-order valence-corrected chi connectivity index (χ4v) is 4.53. The lowest BCUT2D eigenvalue weighted by Crippen LogP contribution is -2.31. The molecule has 2 aromatic carbocycles. The monoisotopic (exact) mass is 369 g/mol. The van der Waals surface area contributed by atoms with Gasteiger partial charge in [0.2, 0.25) is 0 Å². The number of benzene rings is 2. The standard InChI is InChI=1S/C21H23NO3S/c1-14(12-23)10-22-6-7-25-21-16(11-22)8-15(9-19(21)24)18-13-26-20-5-3-2-4-17(18)20/h2-5,8-9,13-14,23-24H,6-7,10-12H2,1H3/t14-/m0/s1. The molecule has 1 aromatic heterocycles. The Morgan fingerprint density at radius 2 is 2.12 bits per heavy atom. The van der Waals surface area contributed by atoms with E-state index >= 15 is 0 Å². The lowest BCUT2D eigenvalue weighted by Gasteiger charge is -2.22. The molecule has 0 spiro atoms. The van der Waals surface area contributed by atoms with Gasteiger partial charge in [0, 0.05) is 47.5 Å². The number of fused-ring (bicyclic) bond motifs is 2. The number of rotatable bonds is 4. The van der Waals surface area contributed by atoms with E-state index < -0.39 is 0 Å². The molecule has 136 valence electrons. The molecule has 2 N–H and O–H groups in total. The number of aliphatic hydroxyl groups is 1. The summed E-state index contributed by atoms with van der Waals surface area (Å²) >= 11 is 1.72. The molecule has 26 heavy (non-hydrogen) atoms. The summed E-state index contributed by atoms with van der Waals surface area (Å²) in [5.74, 6) is 1.01. The zero-order valence-corrected chi connectivity index (χ0v) is 15.6. The number of phenols is 1. The summed E-state index contributed by atoms with van der Waals surface area (Å²) in [6.07, 6.45) is 0. The number of aliphatic hydroxyl groups excluding tert-OH is 1. The van der Waals surface area contributed by atoms with Gasteiger partial charge in [0.05, 0.1) is 0 Å². The van der Waals surface area contributed by atoms with Crippen LogP contribution >= 0.6 is 11.3 Å². The average Bonchev–Trinajstić information content (AvgIpc) is 2.96. The van der Waals surface area contributed by atoms with Crippen molar-refractivity contribution in [1.29, 1.82) is 0 Å². The van der Waals surface area contributed by atoms with Crippen LogP contribution in [0.3, 0.4) is 0 Å². The Hall–Kier alpha value is -2.08. The Balaban J connectivity index is 1.72. The van der Waals surface area contributed by atoms with Crippen molar-refractivity contribution < 1.29 is 14.9 Å². The average molecular weight is 369 g/mol. The highest BCUT2D eigenvalue weighted by molar-refractivity contribution is 7.17. The molecule has 1 aliphatic rings. The molecule has 0 unspecified atom stereocenters. The molecule has 0 saturated heterocycles. The van der Waals surface area contributed by atoms with Crippen molar-refractivity contribution >= 4 is 21.4 Å². The van der Waals surface area contributed by atoms with E-state index in [-0.39, 0.29) is 18.3 Å². The van der Waals surface area contributed by atoms with E-state index in [0.29, 0.717) is 18.9 Å². The van der Waals surface area contributed by atoms with E-state index in [1.54, 1.807) is 17.4 Å². The van der Waals surface area contributed by atoms with Gasteiger partial charge in [0.25, 0.3) is 0 Å². The zero-order valence-electron chi connectivity index (χ0n) is 14.8. The third-order valence-corrected chi connectivity index (χ3v) is 5.83. The van der Waals surface area contributed by atoms with Crippen LogP contribution in [-0.2, 0) is 6.54 Å². The van der Waals surface area contributed by atoms with Gasteiger partial charge in [-0.1, -0.05) is 25.1 Å². The van der Waals surface area contributed by atoms with Gasteiger partial charge in [-0.25, -0.2) is 0 Å². The van der Waals surface area contributed by atoms with Gasteiger partial charge < -0.3 is 14.9 Å². The lowest BCUT2D eigenvalue weighted by atomic mass is 10.0. The summed E-state index contributed by atoms with van der Waals surface area (Å²) in [6.45, 7) is 5.07. The first kappa shape index (κ1) is 17.3.